The van der Waals surface area contributed by atoms with Crippen molar-refractivity contribution < 1.29 is 19.1 Å². The van der Waals surface area contributed by atoms with E-state index in [9.17, 15) is 9.59 Å². The molecule has 0 aliphatic carbocycles. The Balaban J connectivity index is 2.17. The van der Waals surface area contributed by atoms with Crippen LogP contribution in [0.2, 0.25) is 0 Å². The summed E-state index contributed by atoms with van der Waals surface area (Å²) in [5.41, 5.74) is 2.52. The quantitative estimate of drug-likeness (QED) is 0.477. The predicted octanol–water partition coefficient (Wildman–Crippen LogP) is 5.16. The van der Waals surface area contributed by atoms with Crippen LogP contribution in [0.3, 0.4) is 0 Å². The van der Waals surface area contributed by atoms with Crippen molar-refractivity contribution in [1.29, 1.82) is 0 Å². The third-order valence-corrected chi connectivity index (χ3v) is 4.75. The van der Waals surface area contributed by atoms with Crippen molar-refractivity contribution in [3.8, 4) is 5.75 Å². The van der Waals surface area contributed by atoms with Crippen molar-refractivity contribution in [3.63, 3.8) is 0 Å². The number of rotatable bonds is 8. The molecule has 2 rings (SSSR count). The summed E-state index contributed by atoms with van der Waals surface area (Å²) in [6.07, 6.45) is 2.05. The Morgan fingerprint density at radius 1 is 0.963 bits per heavy atom. The minimum Gasteiger partial charge on any atom is -0.466 e. The molecule has 4 heteroatoms. The van der Waals surface area contributed by atoms with E-state index >= 15 is 0 Å². The van der Waals surface area contributed by atoms with Gasteiger partial charge in [0.15, 0.2) is 0 Å². The van der Waals surface area contributed by atoms with Gasteiger partial charge in [-0.05, 0) is 48.6 Å². The van der Waals surface area contributed by atoms with Gasteiger partial charge in [0.25, 0.3) is 0 Å². The van der Waals surface area contributed by atoms with Crippen LogP contribution < -0.4 is 4.74 Å². The van der Waals surface area contributed by atoms with Gasteiger partial charge in [-0.15, -0.1) is 0 Å². The summed E-state index contributed by atoms with van der Waals surface area (Å²) in [5, 5.41) is 0. The van der Waals surface area contributed by atoms with Gasteiger partial charge in [0, 0.05) is 0 Å². The lowest BCUT2D eigenvalue weighted by molar-refractivity contribution is -0.148. The van der Waals surface area contributed by atoms with E-state index < -0.39 is 5.97 Å². The van der Waals surface area contributed by atoms with Crippen LogP contribution in [0.15, 0.2) is 48.5 Å². The van der Waals surface area contributed by atoms with Gasteiger partial charge in [0.1, 0.15) is 5.75 Å². The van der Waals surface area contributed by atoms with Crippen molar-refractivity contribution in [1.82, 2.24) is 0 Å². The first kappa shape index (κ1) is 20.7. The minimum absolute atomic E-state index is 0.139. The summed E-state index contributed by atoms with van der Waals surface area (Å²) in [7, 11) is 0. The van der Waals surface area contributed by atoms with Crippen LogP contribution in [0.5, 0.6) is 5.75 Å². The summed E-state index contributed by atoms with van der Waals surface area (Å²) in [6, 6.07) is 14.8. The molecule has 0 aliphatic heterocycles. The fourth-order valence-electron chi connectivity index (χ4n) is 2.95. The van der Waals surface area contributed by atoms with Crippen LogP contribution in [-0.2, 0) is 16.0 Å². The largest absolute Gasteiger partial charge is 0.466 e. The molecule has 0 fully saturated rings. The molecule has 2 unspecified atom stereocenters. The van der Waals surface area contributed by atoms with Crippen molar-refractivity contribution in [2.75, 3.05) is 6.61 Å². The van der Waals surface area contributed by atoms with Gasteiger partial charge in [-0.1, -0.05) is 57.5 Å². The predicted molar refractivity (Wildman–Crippen MR) is 106 cm³/mol. The summed E-state index contributed by atoms with van der Waals surface area (Å²) < 4.78 is 10.8. The molecular formula is C23H28O4. The number of carbonyl (C=O) groups excluding carboxylic acids is 2. The molecule has 2 aromatic rings. The van der Waals surface area contributed by atoms with E-state index in [1.165, 1.54) is 5.56 Å². The second-order valence-corrected chi connectivity index (χ2v) is 6.70. The zero-order valence-corrected chi connectivity index (χ0v) is 16.5. The van der Waals surface area contributed by atoms with Crippen LogP contribution in [0, 0.1) is 5.92 Å². The third-order valence-electron chi connectivity index (χ3n) is 4.75. The maximum absolute atomic E-state index is 12.6. The van der Waals surface area contributed by atoms with E-state index in [-0.39, 0.29) is 17.8 Å². The van der Waals surface area contributed by atoms with Crippen LogP contribution in [0.1, 0.15) is 61.5 Å². The molecule has 0 radical (unpaired) electrons. The lowest BCUT2D eigenvalue weighted by atomic mass is 9.88. The lowest BCUT2D eigenvalue weighted by Gasteiger charge is -2.21. The Bertz CT molecular complexity index is 764. The van der Waals surface area contributed by atoms with E-state index in [1.807, 2.05) is 44.2 Å². The number of aryl methyl sites for hydroxylation is 1. The number of esters is 2. The maximum atomic E-state index is 12.6. The van der Waals surface area contributed by atoms with Gasteiger partial charge < -0.3 is 9.47 Å². The molecule has 0 spiro atoms. The first-order valence-corrected chi connectivity index (χ1v) is 9.54. The van der Waals surface area contributed by atoms with Gasteiger partial charge in [0.05, 0.1) is 18.1 Å². The highest BCUT2D eigenvalue weighted by molar-refractivity contribution is 5.91. The minimum atomic E-state index is -0.401. The SMILES string of the molecule is CCCc1ccc(C(=O)Oc2ccccc2C(C)C(C)C(=O)OCC)cc1. The Morgan fingerprint density at radius 2 is 1.63 bits per heavy atom. The van der Waals surface area contributed by atoms with Gasteiger partial charge in [0.2, 0.25) is 0 Å². The molecule has 0 aliphatic rings. The monoisotopic (exact) mass is 368 g/mol. The van der Waals surface area contributed by atoms with Gasteiger partial charge in [-0.3, -0.25) is 4.79 Å². The number of hydrogen-bond donors (Lipinski definition) is 0. The first-order chi connectivity index (χ1) is 13.0. The molecule has 2 aromatic carbocycles. The Kier molecular flexibility index (Phi) is 7.59. The van der Waals surface area contributed by atoms with E-state index in [2.05, 4.69) is 6.92 Å². The van der Waals surface area contributed by atoms with Crippen LogP contribution >= 0.6 is 0 Å². The fraction of sp³-hybridized carbons (Fsp3) is 0.391. The summed E-state index contributed by atoms with van der Waals surface area (Å²) in [5.74, 6) is -0.652. The molecule has 0 heterocycles. The molecule has 144 valence electrons. The van der Waals surface area contributed by atoms with Crippen molar-refractivity contribution in [2.24, 2.45) is 5.92 Å². The molecule has 0 bridgehead atoms. The van der Waals surface area contributed by atoms with Crippen LogP contribution in [0.4, 0.5) is 0 Å². The van der Waals surface area contributed by atoms with E-state index in [4.69, 9.17) is 9.47 Å². The van der Waals surface area contributed by atoms with Crippen molar-refractivity contribution in [3.05, 3.63) is 65.2 Å². The number of para-hydroxylation sites is 1. The molecule has 2 atom stereocenters. The van der Waals surface area contributed by atoms with Crippen LogP contribution in [-0.4, -0.2) is 18.5 Å². The summed E-state index contributed by atoms with van der Waals surface area (Å²) >= 11 is 0. The van der Waals surface area contributed by atoms with E-state index in [0.29, 0.717) is 17.9 Å². The van der Waals surface area contributed by atoms with Crippen molar-refractivity contribution >= 4 is 11.9 Å². The van der Waals surface area contributed by atoms with Crippen molar-refractivity contribution in [2.45, 2.75) is 46.5 Å². The molecule has 0 saturated carbocycles. The zero-order valence-electron chi connectivity index (χ0n) is 16.5. The second-order valence-electron chi connectivity index (χ2n) is 6.70. The maximum Gasteiger partial charge on any atom is 0.343 e. The fourth-order valence-corrected chi connectivity index (χ4v) is 2.95. The number of hydrogen-bond acceptors (Lipinski definition) is 4. The molecule has 0 amide bonds. The van der Waals surface area contributed by atoms with E-state index in [1.54, 1.807) is 25.1 Å². The molecule has 0 N–H and O–H groups in total. The highest BCUT2D eigenvalue weighted by Crippen LogP contribution is 2.32. The molecule has 27 heavy (non-hydrogen) atoms. The van der Waals surface area contributed by atoms with Crippen LogP contribution in [0.25, 0.3) is 0 Å². The molecule has 0 aromatic heterocycles. The molecule has 0 saturated heterocycles. The topological polar surface area (TPSA) is 52.6 Å². The standard InChI is InChI=1S/C23H28O4/c1-5-9-18-12-14-19(15-13-18)23(25)27-21-11-8-7-10-20(21)16(3)17(4)22(24)26-6-2/h7-8,10-17H,5-6,9H2,1-4H3. The van der Waals surface area contributed by atoms with Gasteiger partial charge in [-0.25, -0.2) is 4.79 Å². The summed E-state index contributed by atoms with van der Waals surface area (Å²) in [4.78, 5) is 24.6. The third kappa shape index (κ3) is 5.43. The lowest BCUT2D eigenvalue weighted by Crippen LogP contribution is -2.21. The number of benzene rings is 2. The number of carbonyl (C=O) groups is 2. The first-order valence-electron chi connectivity index (χ1n) is 9.54. The highest BCUT2D eigenvalue weighted by atomic mass is 16.5. The zero-order chi connectivity index (χ0) is 19.8. The van der Waals surface area contributed by atoms with Gasteiger partial charge >= 0.3 is 11.9 Å². The summed E-state index contributed by atoms with van der Waals surface area (Å²) in [6.45, 7) is 8.02. The Hall–Kier alpha value is -2.62. The van der Waals surface area contributed by atoms with Gasteiger partial charge in [-0.2, -0.15) is 0 Å². The second kappa shape index (κ2) is 9.91. The van der Waals surface area contributed by atoms with E-state index in [0.717, 1.165) is 18.4 Å². The average molecular weight is 368 g/mol. The Morgan fingerprint density at radius 3 is 2.26 bits per heavy atom. The smallest absolute Gasteiger partial charge is 0.343 e. The Labute approximate surface area is 161 Å². The molecule has 4 nitrogen and oxygen atoms in total. The number of ether oxygens (including phenoxy) is 2. The molecular weight excluding hydrogens is 340 g/mol. The average Bonchev–Trinajstić information content (AvgIpc) is 2.68. The normalized spacial score (nSPS) is 12.9. The highest BCUT2D eigenvalue weighted by Gasteiger charge is 2.26.